The van der Waals surface area contributed by atoms with Crippen molar-refractivity contribution in [3.63, 3.8) is 0 Å². The Morgan fingerprint density at radius 3 is 2.52 bits per heavy atom. The Kier molecular flexibility index (Phi) is 5.94. The van der Waals surface area contributed by atoms with Crippen LogP contribution in [-0.4, -0.2) is 43.9 Å². The summed E-state index contributed by atoms with van der Waals surface area (Å²) in [5.41, 5.74) is 2.47. The van der Waals surface area contributed by atoms with Gasteiger partial charge in [0.15, 0.2) is 11.0 Å². The third-order valence-electron chi connectivity index (χ3n) is 5.29. The van der Waals surface area contributed by atoms with E-state index >= 15 is 0 Å². The molecule has 5 nitrogen and oxygen atoms in total. The van der Waals surface area contributed by atoms with Crippen LogP contribution < -0.4 is 0 Å². The number of thioether (sulfide) groups is 1. The molecule has 2 heterocycles. The fourth-order valence-electron chi connectivity index (χ4n) is 3.49. The number of benzene rings is 1. The van der Waals surface area contributed by atoms with E-state index in [2.05, 4.69) is 62.2 Å². The summed E-state index contributed by atoms with van der Waals surface area (Å²) in [4.78, 5) is 14.6. The first-order chi connectivity index (χ1) is 12.8. The highest BCUT2D eigenvalue weighted by molar-refractivity contribution is 7.99. The molecule has 0 radical (unpaired) electrons. The van der Waals surface area contributed by atoms with Crippen LogP contribution in [0.1, 0.15) is 52.5 Å². The van der Waals surface area contributed by atoms with Gasteiger partial charge in [-0.3, -0.25) is 4.79 Å². The van der Waals surface area contributed by atoms with Gasteiger partial charge in [0, 0.05) is 25.2 Å². The lowest BCUT2D eigenvalue weighted by Gasteiger charge is -2.33. The first kappa shape index (κ1) is 19.9. The monoisotopic (exact) mass is 386 g/mol. The molecule has 1 aliphatic heterocycles. The molecule has 0 unspecified atom stereocenters. The predicted octanol–water partition coefficient (Wildman–Crippen LogP) is 4.27. The van der Waals surface area contributed by atoms with Crippen molar-refractivity contribution in [2.75, 3.05) is 12.3 Å². The number of likely N-dealkylation sites (tertiary alicyclic amines) is 1. The van der Waals surface area contributed by atoms with Crippen LogP contribution in [0.15, 0.2) is 29.4 Å². The van der Waals surface area contributed by atoms with Crippen LogP contribution in [0.25, 0.3) is 11.4 Å². The van der Waals surface area contributed by atoms with E-state index in [1.165, 1.54) is 23.7 Å². The second-order valence-corrected chi connectivity index (χ2v) is 9.36. The normalized spacial score (nSPS) is 18.0. The number of carbonyl (C=O) groups is 1. The molecule has 1 fully saturated rings. The molecule has 1 saturated heterocycles. The Morgan fingerprint density at radius 1 is 1.19 bits per heavy atom. The van der Waals surface area contributed by atoms with Gasteiger partial charge in [-0.1, -0.05) is 56.8 Å². The molecule has 1 amide bonds. The molecular weight excluding hydrogens is 356 g/mol. The summed E-state index contributed by atoms with van der Waals surface area (Å²) in [5, 5.41) is 9.44. The minimum absolute atomic E-state index is 0.130. The van der Waals surface area contributed by atoms with Gasteiger partial charge < -0.3 is 9.47 Å². The standard InChI is InChI=1S/C21H30N4OS/c1-15-8-6-7-13-25(15)18(26)14-27-20-23-22-19(24(20)5)16-9-11-17(12-10-16)21(2,3)4/h9-12,15H,6-8,13-14H2,1-5H3/t15-/m0/s1. The minimum atomic E-state index is 0.130. The van der Waals surface area contributed by atoms with Gasteiger partial charge in [-0.25, -0.2) is 0 Å². The average molecular weight is 387 g/mol. The van der Waals surface area contributed by atoms with Crippen molar-refractivity contribution in [2.45, 2.75) is 63.6 Å². The maximum absolute atomic E-state index is 12.5. The predicted molar refractivity (Wildman–Crippen MR) is 111 cm³/mol. The Balaban J connectivity index is 1.67. The van der Waals surface area contributed by atoms with Gasteiger partial charge >= 0.3 is 0 Å². The Labute approximate surface area is 166 Å². The number of hydrogen-bond acceptors (Lipinski definition) is 4. The molecule has 2 aromatic rings. The largest absolute Gasteiger partial charge is 0.339 e. The molecule has 1 aromatic carbocycles. The molecule has 27 heavy (non-hydrogen) atoms. The number of aromatic nitrogens is 3. The van der Waals surface area contributed by atoms with Crippen molar-refractivity contribution < 1.29 is 4.79 Å². The van der Waals surface area contributed by atoms with Gasteiger partial charge in [0.1, 0.15) is 0 Å². The minimum Gasteiger partial charge on any atom is -0.339 e. The van der Waals surface area contributed by atoms with Gasteiger partial charge in [-0.2, -0.15) is 0 Å². The molecule has 0 aliphatic carbocycles. The van der Waals surface area contributed by atoms with Gasteiger partial charge in [-0.15, -0.1) is 10.2 Å². The van der Waals surface area contributed by atoms with Crippen LogP contribution in [0.4, 0.5) is 0 Å². The maximum Gasteiger partial charge on any atom is 0.233 e. The number of nitrogens with zero attached hydrogens (tertiary/aromatic N) is 4. The number of carbonyl (C=O) groups excluding carboxylic acids is 1. The van der Waals surface area contributed by atoms with Crippen molar-refractivity contribution in [2.24, 2.45) is 7.05 Å². The first-order valence-electron chi connectivity index (χ1n) is 9.70. The van der Waals surface area contributed by atoms with Crippen LogP contribution in [0.5, 0.6) is 0 Å². The molecule has 0 N–H and O–H groups in total. The Bertz CT molecular complexity index is 792. The number of rotatable bonds is 4. The smallest absolute Gasteiger partial charge is 0.233 e. The second kappa shape index (κ2) is 8.05. The number of amides is 1. The van der Waals surface area contributed by atoms with Crippen molar-refractivity contribution in [1.29, 1.82) is 0 Å². The lowest BCUT2D eigenvalue weighted by Crippen LogP contribution is -2.42. The van der Waals surface area contributed by atoms with E-state index in [1.807, 2.05) is 16.5 Å². The van der Waals surface area contributed by atoms with E-state index in [9.17, 15) is 4.79 Å². The molecule has 1 aromatic heterocycles. The zero-order valence-corrected chi connectivity index (χ0v) is 17.8. The summed E-state index contributed by atoms with van der Waals surface area (Å²) in [7, 11) is 1.96. The summed E-state index contributed by atoms with van der Waals surface area (Å²) in [6.45, 7) is 9.64. The number of piperidine rings is 1. The zero-order valence-electron chi connectivity index (χ0n) is 17.0. The Morgan fingerprint density at radius 2 is 1.89 bits per heavy atom. The third-order valence-corrected chi connectivity index (χ3v) is 6.30. The quantitative estimate of drug-likeness (QED) is 0.736. The van der Waals surface area contributed by atoms with E-state index in [-0.39, 0.29) is 11.3 Å². The summed E-state index contributed by atoms with van der Waals surface area (Å²) in [6.07, 6.45) is 3.44. The molecule has 1 aliphatic rings. The fourth-order valence-corrected chi connectivity index (χ4v) is 4.29. The highest BCUT2D eigenvalue weighted by Crippen LogP contribution is 2.27. The van der Waals surface area contributed by atoms with Crippen molar-refractivity contribution in [1.82, 2.24) is 19.7 Å². The van der Waals surface area contributed by atoms with Crippen LogP contribution >= 0.6 is 11.8 Å². The maximum atomic E-state index is 12.5. The zero-order chi connectivity index (χ0) is 19.6. The molecule has 6 heteroatoms. The highest BCUT2D eigenvalue weighted by Gasteiger charge is 2.24. The summed E-state index contributed by atoms with van der Waals surface area (Å²) < 4.78 is 1.98. The summed E-state index contributed by atoms with van der Waals surface area (Å²) >= 11 is 1.47. The fraction of sp³-hybridized carbons (Fsp3) is 0.571. The van der Waals surface area contributed by atoms with E-state index in [4.69, 9.17) is 0 Å². The molecule has 146 valence electrons. The summed E-state index contributed by atoms with van der Waals surface area (Å²) in [5.74, 6) is 1.45. The van der Waals surface area contributed by atoms with E-state index < -0.39 is 0 Å². The highest BCUT2D eigenvalue weighted by atomic mass is 32.2. The molecule has 3 rings (SSSR count). The Hall–Kier alpha value is -1.82. The van der Waals surface area contributed by atoms with E-state index in [0.29, 0.717) is 11.8 Å². The van der Waals surface area contributed by atoms with Gasteiger partial charge in [0.05, 0.1) is 5.75 Å². The van der Waals surface area contributed by atoms with Gasteiger partial charge in [0.2, 0.25) is 5.91 Å². The molecule has 1 atom stereocenters. The number of hydrogen-bond donors (Lipinski definition) is 0. The van der Waals surface area contributed by atoms with Gasteiger partial charge in [-0.05, 0) is 37.2 Å². The SMILES string of the molecule is C[C@H]1CCCCN1C(=O)CSc1nnc(-c2ccc(C(C)(C)C)cc2)n1C. The van der Waals surface area contributed by atoms with Crippen molar-refractivity contribution in [3.8, 4) is 11.4 Å². The van der Waals surface area contributed by atoms with E-state index in [0.717, 1.165) is 35.9 Å². The molecular formula is C21H30N4OS. The van der Waals surface area contributed by atoms with Crippen LogP contribution in [0, 0.1) is 0 Å². The molecule has 0 saturated carbocycles. The van der Waals surface area contributed by atoms with Crippen LogP contribution in [0.2, 0.25) is 0 Å². The van der Waals surface area contributed by atoms with Crippen LogP contribution in [-0.2, 0) is 17.3 Å². The van der Waals surface area contributed by atoms with Gasteiger partial charge in [0.25, 0.3) is 0 Å². The average Bonchev–Trinajstić information content (AvgIpc) is 3.00. The second-order valence-electron chi connectivity index (χ2n) is 8.41. The lowest BCUT2D eigenvalue weighted by molar-refractivity contribution is -0.131. The summed E-state index contributed by atoms with van der Waals surface area (Å²) in [6, 6.07) is 8.85. The topological polar surface area (TPSA) is 51.0 Å². The van der Waals surface area contributed by atoms with E-state index in [1.54, 1.807) is 0 Å². The first-order valence-corrected chi connectivity index (χ1v) is 10.7. The molecule has 0 bridgehead atoms. The lowest BCUT2D eigenvalue weighted by atomic mass is 9.87. The third kappa shape index (κ3) is 4.54. The van der Waals surface area contributed by atoms with Crippen LogP contribution in [0.3, 0.4) is 0 Å². The van der Waals surface area contributed by atoms with Crippen molar-refractivity contribution >= 4 is 17.7 Å². The van der Waals surface area contributed by atoms with Crippen molar-refractivity contribution in [3.05, 3.63) is 29.8 Å². The molecule has 0 spiro atoms.